The van der Waals surface area contributed by atoms with Crippen LogP contribution < -0.4 is 11.3 Å². The van der Waals surface area contributed by atoms with Gasteiger partial charge in [0.1, 0.15) is 9.84 Å². The van der Waals surface area contributed by atoms with E-state index in [1.54, 1.807) is 4.68 Å². The summed E-state index contributed by atoms with van der Waals surface area (Å²) in [6.07, 6.45) is 3.37. The number of aromatic nitrogens is 2. The molecule has 6 nitrogen and oxygen atoms in total. The fourth-order valence-electron chi connectivity index (χ4n) is 1.91. The lowest BCUT2D eigenvalue weighted by atomic mass is 10.1. The molecule has 0 saturated carbocycles. The van der Waals surface area contributed by atoms with Crippen molar-refractivity contribution in [2.24, 2.45) is 12.9 Å². The van der Waals surface area contributed by atoms with Gasteiger partial charge in [0.05, 0.1) is 17.4 Å². The maximum Gasteiger partial charge on any atom is 0.147 e. The molecule has 0 fully saturated rings. The zero-order valence-electron chi connectivity index (χ0n) is 11.2. The van der Waals surface area contributed by atoms with Gasteiger partial charge in [-0.05, 0) is 25.3 Å². The van der Waals surface area contributed by atoms with E-state index in [1.165, 1.54) is 6.26 Å². The Morgan fingerprint density at radius 2 is 2.22 bits per heavy atom. The van der Waals surface area contributed by atoms with E-state index in [0.29, 0.717) is 12.8 Å². The largest absolute Gasteiger partial charge is 0.271 e. The Morgan fingerprint density at radius 1 is 1.56 bits per heavy atom. The predicted octanol–water partition coefficient (Wildman–Crippen LogP) is 0.312. The third-order valence-corrected chi connectivity index (χ3v) is 3.93. The van der Waals surface area contributed by atoms with Crippen LogP contribution in [0.15, 0.2) is 6.07 Å². The van der Waals surface area contributed by atoms with Gasteiger partial charge in [-0.25, -0.2) is 8.42 Å². The number of nitrogens with one attached hydrogen (secondary N) is 1. The van der Waals surface area contributed by atoms with Gasteiger partial charge in [-0.1, -0.05) is 6.92 Å². The van der Waals surface area contributed by atoms with Gasteiger partial charge < -0.3 is 0 Å². The van der Waals surface area contributed by atoms with Gasteiger partial charge in [-0.15, -0.1) is 0 Å². The Labute approximate surface area is 108 Å². The molecule has 0 saturated heterocycles. The summed E-state index contributed by atoms with van der Waals surface area (Å²) in [5.41, 5.74) is 4.73. The quantitative estimate of drug-likeness (QED) is 0.552. The average molecular weight is 274 g/mol. The molecular weight excluding hydrogens is 252 g/mol. The number of hydrogen-bond acceptors (Lipinski definition) is 5. The Bertz CT molecular complexity index is 481. The summed E-state index contributed by atoms with van der Waals surface area (Å²) in [7, 11) is -1.04. The number of nitrogens with two attached hydrogens (primary N) is 1. The van der Waals surface area contributed by atoms with Crippen molar-refractivity contribution in [1.82, 2.24) is 15.2 Å². The van der Waals surface area contributed by atoms with E-state index in [2.05, 4.69) is 10.5 Å². The van der Waals surface area contributed by atoms with E-state index in [0.717, 1.165) is 17.8 Å². The van der Waals surface area contributed by atoms with Crippen LogP contribution in [-0.2, 0) is 23.3 Å². The van der Waals surface area contributed by atoms with Gasteiger partial charge >= 0.3 is 0 Å². The Balaban J connectivity index is 2.68. The zero-order chi connectivity index (χ0) is 13.8. The predicted molar refractivity (Wildman–Crippen MR) is 71.6 cm³/mol. The van der Waals surface area contributed by atoms with Gasteiger partial charge in [0.25, 0.3) is 0 Å². The van der Waals surface area contributed by atoms with Crippen LogP contribution in [0.3, 0.4) is 0 Å². The summed E-state index contributed by atoms with van der Waals surface area (Å²) in [4.78, 5) is 0. The van der Waals surface area contributed by atoms with Gasteiger partial charge in [0, 0.05) is 19.1 Å². The second-order valence-electron chi connectivity index (χ2n) is 4.53. The van der Waals surface area contributed by atoms with Crippen molar-refractivity contribution in [3.05, 3.63) is 17.5 Å². The summed E-state index contributed by atoms with van der Waals surface area (Å²) in [6.45, 7) is 2.04. The molecule has 1 aromatic rings. The highest BCUT2D eigenvalue weighted by Crippen LogP contribution is 2.18. The molecule has 3 N–H and O–H groups in total. The standard InChI is InChI=1S/C11H22N4O2S/c1-4-9-8-11(15(2)14-9)10(13-12)6-5-7-18(3,16)17/h8,10,13H,4-7,12H2,1-3H3. The summed E-state index contributed by atoms with van der Waals surface area (Å²) in [5, 5.41) is 4.36. The molecule has 18 heavy (non-hydrogen) atoms. The van der Waals surface area contributed by atoms with E-state index >= 15 is 0 Å². The highest BCUT2D eigenvalue weighted by atomic mass is 32.2. The first-order chi connectivity index (χ1) is 8.37. The summed E-state index contributed by atoms with van der Waals surface area (Å²) in [5.74, 6) is 5.72. The highest BCUT2D eigenvalue weighted by molar-refractivity contribution is 7.90. The normalized spacial score (nSPS) is 13.8. The maximum absolute atomic E-state index is 11.1. The number of rotatable bonds is 7. The lowest BCUT2D eigenvalue weighted by molar-refractivity contribution is 0.474. The van der Waals surface area contributed by atoms with Crippen LogP contribution in [-0.4, -0.2) is 30.2 Å². The summed E-state index contributed by atoms with van der Waals surface area (Å²) in [6, 6.07) is 1.94. The van der Waals surface area contributed by atoms with E-state index in [4.69, 9.17) is 5.84 Å². The van der Waals surface area contributed by atoms with Gasteiger partial charge in [-0.3, -0.25) is 16.0 Å². The van der Waals surface area contributed by atoms with Gasteiger partial charge in [-0.2, -0.15) is 5.10 Å². The Morgan fingerprint density at radius 3 is 2.67 bits per heavy atom. The zero-order valence-corrected chi connectivity index (χ0v) is 12.0. The van der Waals surface area contributed by atoms with Crippen LogP contribution in [0.1, 0.15) is 37.2 Å². The molecule has 1 rings (SSSR count). The summed E-state index contributed by atoms with van der Waals surface area (Å²) >= 11 is 0. The second-order valence-corrected chi connectivity index (χ2v) is 6.79. The molecule has 0 amide bonds. The lowest BCUT2D eigenvalue weighted by Crippen LogP contribution is -2.30. The van der Waals surface area contributed by atoms with Crippen LogP contribution in [0, 0.1) is 0 Å². The number of sulfone groups is 1. The molecule has 1 atom stereocenters. The maximum atomic E-state index is 11.1. The minimum atomic E-state index is -2.91. The van der Waals surface area contributed by atoms with Crippen LogP contribution >= 0.6 is 0 Å². The Kier molecular flexibility index (Phi) is 5.30. The van der Waals surface area contributed by atoms with E-state index in [-0.39, 0.29) is 11.8 Å². The number of hydrogen-bond donors (Lipinski definition) is 2. The van der Waals surface area contributed by atoms with Crippen LogP contribution in [0.4, 0.5) is 0 Å². The fourth-order valence-corrected chi connectivity index (χ4v) is 2.60. The van der Waals surface area contributed by atoms with Crippen molar-refractivity contribution < 1.29 is 8.42 Å². The van der Waals surface area contributed by atoms with Crippen molar-refractivity contribution >= 4 is 9.84 Å². The van der Waals surface area contributed by atoms with E-state index in [1.807, 2.05) is 20.0 Å². The molecule has 1 heterocycles. The topological polar surface area (TPSA) is 90.0 Å². The third kappa shape index (κ3) is 4.40. The first-order valence-corrected chi connectivity index (χ1v) is 8.10. The SMILES string of the molecule is CCc1cc(C(CCCS(C)(=O)=O)NN)n(C)n1. The Hall–Kier alpha value is -0.920. The van der Waals surface area contributed by atoms with E-state index in [9.17, 15) is 8.42 Å². The number of nitrogens with zero attached hydrogens (tertiary/aromatic N) is 2. The smallest absolute Gasteiger partial charge is 0.147 e. The molecule has 1 aromatic heterocycles. The van der Waals surface area contributed by atoms with Crippen LogP contribution in [0.25, 0.3) is 0 Å². The van der Waals surface area contributed by atoms with Crippen LogP contribution in [0.2, 0.25) is 0 Å². The monoisotopic (exact) mass is 274 g/mol. The molecule has 7 heteroatoms. The number of aryl methyl sites for hydroxylation is 2. The molecule has 0 aromatic carbocycles. The average Bonchev–Trinajstić information content (AvgIpc) is 2.65. The summed E-state index contributed by atoms with van der Waals surface area (Å²) < 4.78 is 24.0. The molecular formula is C11H22N4O2S. The molecule has 1 unspecified atom stereocenters. The molecule has 104 valence electrons. The second kappa shape index (κ2) is 6.31. The molecule has 0 aliphatic heterocycles. The highest BCUT2D eigenvalue weighted by Gasteiger charge is 2.16. The molecule has 0 radical (unpaired) electrons. The molecule has 0 spiro atoms. The van der Waals surface area contributed by atoms with Crippen LogP contribution in [0.5, 0.6) is 0 Å². The molecule has 0 aliphatic rings. The molecule has 0 aliphatic carbocycles. The van der Waals surface area contributed by atoms with Crippen molar-refractivity contribution in [3.63, 3.8) is 0 Å². The number of hydrazine groups is 1. The van der Waals surface area contributed by atoms with Crippen molar-refractivity contribution in [2.45, 2.75) is 32.2 Å². The first kappa shape index (κ1) is 15.1. The fraction of sp³-hybridized carbons (Fsp3) is 0.727. The first-order valence-electron chi connectivity index (χ1n) is 6.04. The van der Waals surface area contributed by atoms with Crippen molar-refractivity contribution in [3.8, 4) is 0 Å². The molecule has 0 bridgehead atoms. The minimum absolute atomic E-state index is 0.0652. The van der Waals surface area contributed by atoms with Gasteiger partial charge in [0.15, 0.2) is 0 Å². The van der Waals surface area contributed by atoms with Crippen molar-refractivity contribution in [2.75, 3.05) is 12.0 Å². The lowest BCUT2D eigenvalue weighted by Gasteiger charge is -2.15. The minimum Gasteiger partial charge on any atom is -0.271 e. The van der Waals surface area contributed by atoms with Crippen molar-refractivity contribution in [1.29, 1.82) is 0 Å². The third-order valence-electron chi connectivity index (χ3n) is 2.89. The van der Waals surface area contributed by atoms with Gasteiger partial charge in [0.2, 0.25) is 0 Å². The van der Waals surface area contributed by atoms with E-state index < -0.39 is 9.84 Å².